The number of aliphatic hydroxyl groups is 2. The van der Waals surface area contributed by atoms with Gasteiger partial charge in [-0.25, -0.2) is 0 Å². The molecule has 1 rings (SSSR count). The van der Waals surface area contributed by atoms with Gasteiger partial charge in [0.05, 0.1) is 13.2 Å². The molecule has 0 spiro atoms. The van der Waals surface area contributed by atoms with Gasteiger partial charge in [-0.05, 0) is 12.2 Å². The van der Waals surface area contributed by atoms with Crippen molar-refractivity contribution in [3.8, 4) is 0 Å². The first-order valence-corrected chi connectivity index (χ1v) is 3.41. The number of hydrogen-bond donors (Lipinski definition) is 4. The third kappa shape index (κ3) is 1.21. The lowest BCUT2D eigenvalue weighted by Crippen LogP contribution is -2.50. The standard InChI is InChI=1S/C5H10N2O2S/c8-2-5(3-9)1-6-4(10)7-5/h8-9H,1-3H2,(H2,6,7,10). The molecule has 0 radical (unpaired) electrons. The molecule has 0 atom stereocenters. The van der Waals surface area contributed by atoms with Crippen LogP contribution in [-0.2, 0) is 0 Å². The fourth-order valence-corrected chi connectivity index (χ4v) is 1.11. The topological polar surface area (TPSA) is 64.5 Å². The Morgan fingerprint density at radius 1 is 1.50 bits per heavy atom. The highest BCUT2D eigenvalue weighted by Crippen LogP contribution is 2.05. The predicted molar refractivity (Wildman–Crippen MR) is 40.6 cm³/mol. The van der Waals surface area contributed by atoms with Gasteiger partial charge in [0.15, 0.2) is 5.11 Å². The van der Waals surface area contributed by atoms with Gasteiger partial charge in [-0.2, -0.15) is 0 Å². The minimum Gasteiger partial charge on any atom is -0.394 e. The molecule has 1 aliphatic heterocycles. The molecule has 0 unspecified atom stereocenters. The second-order valence-corrected chi connectivity index (χ2v) is 2.81. The first-order chi connectivity index (χ1) is 4.72. The molecule has 0 aromatic heterocycles. The van der Waals surface area contributed by atoms with E-state index < -0.39 is 5.54 Å². The van der Waals surface area contributed by atoms with E-state index in [4.69, 9.17) is 22.4 Å². The summed E-state index contributed by atoms with van der Waals surface area (Å²) in [5.74, 6) is 0. The zero-order valence-electron chi connectivity index (χ0n) is 5.42. The fourth-order valence-electron chi connectivity index (χ4n) is 0.820. The van der Waals surface area contributed by atoms with Crippen LogP contribution in [0.2, 0.25) is 0 Å². The van der Waals surface area contributed by atoms with E-state index in [-0.39, 0.29) is 13.2 Å². The highest BCUT2D eigenvalue weighted by molar-refractivity contribution is 7.80. The molecule has 0 amide bonds. The third-order valence-electron chi connectivity index (χ3n) is 1.57. The molecular formula is C5H10N2O2S. The van der Waals surface area contributed by atoms with E-state index in [2.05, 4.69) is 10.6 Å². The van der Waals surface area contributed by atoms with E-state index in [1.165, 1.54) is 0 Å². The lowest BCUT2D eigenvalue weighted by Gasteiger charge is -2.22. The molecule has 0 aromatic rings. The summed E-state index contributed by atoms with van der Waals surface area (Å²) in [6, 6.07) is 0. The van der Waals surface area contributed by atoms with Crippen molar-refractivity contribution in [3.63, 3.8) is 0 Å². The lowest BCUT2D eigenvalue weighted by molar-refractivity contribution is 0.119. The summed E-state index contributed by atoms with van der Waals surface area (Å²) in [7, 11) is 0. The van der Waals surface area contributed by atoms with Crippen LogP contribution in [0.5, 0.6) is 0 Å². The minimum absolute atomic E-state index is 0.114. The molecule has 1 heterocycles. The van der Waals surface area contributed by atoms with Crippen LogP contribution in [0, 0.1) is 0 Å². The van der Waals surface area contributed by atoms with Crippen LogP contribution >= 0.6 is 12.2 Å². The Hall–Kier alpha value is -0.390. The van der Waals surface area contributed by atoms with Crippen molar-refractivity contribution in [1.82, 2.24) is 10.6 Å². The average Bonchev–Trinajstić information content (AvgIpc) is 2.33. The number of aliphatic hydroxyl groups excluding tert-OH is 2. The number of nitrogens with one attached hydrogen (secondary N) is 2. The van der Waals surface area contributed by atoms with Crippen LogP contribution in [-0.4, -0.2) is 40.6 Å². The molecule has 0 saturated carbocycles. The molecule has 4 N–H and O–H groups in total. The van der Waals surface area contributed by atoms with E-state index in [1.54, 1.807) is 0 Å². The largest absolute Gasteiger partial charge is 0.394 e. The highest BCUT2D eigenvalue weighted by Gasteiger charge is 2.34. The maximum atomic E-state index is 8.81. The van der Waals surface area contributed by atoms with Crippen molar-refractivity contribution in [1.29, 1.82) is 0 Å². The van der Waals surface area contributed by atoms with E-state index >= 15 is 0 Å². The first kappa shape index (κ1) is 7.71. The van der Waals surface area contributed by atoms with Crippen molar-refractivity contribution in [2.24, 2.45) is 0 Å². The summed E-state index contributed by atoms with van der Waals surface area (Å²) in [6.45, 7) is 0.256. The highest BCUT2D eigenvalue weighted by atomic mass is 32.1. The van der Waals surface area contributed by atoms with Gasteiger partial charge in [0.1, 0.15) is 5.54 Å². The molecule has 1 fully saturated rings. The van der Waals surface area contributed by atoms with Gasteiger partial charge < -0.3 is 20.8 Å². The predicted octanol–water partition coefficient (Wildman–Crippen LogP) is -1.81. The van der Waals surface area contributed by atoms with E-state index in [9.17, 15) is 0 Å². The van der Waals surface area contributed by atoms with Crippen LogP contribution in [0.25, 0.3) is 0 Å². The zero-order valence-corrected chi connectivity index (χ0v) is 6.24. The zero-order chi connectivity index (χ0) is 7.61. The molecular weight excluding hydrogens is 152 g/mol. The van der Waals surface area contributed by atoms with Crippen molar-refractivity contribution in [2.75, 3.05) is 19.8 Å². The molecule has 5 heteroatoms. The van der Waals surface area contributed by atoms with Crippen LogP contribution < -0.4 is 10.6 Å². The summed E-state index contributed by atoms with van der Waals surface area (Å²) in [5.41, 5.74) is -0.642. The molecule has 1 aliphatic rings. The second-order valence-electron chi connectivity index (χ2n) is 2.40. The van der Waals surface area contributed by atoms with Gasteiger partial charge >= 0.3 is 0 Å². The minimum atomic E-state index is -0.642. The second kappa shape index (κ2) is 2.69. The molecule has 1 saturated heterocycles. The Morgan fingerprint density at radius 3 is 2.30 bits per heavy atom. The first-order valence-electron chi connectivity index (χ1n) is 3.00. The molecule has 0 aliphatic carbocycles. The van der Waals surface area contributed by atoms with Crippen LogP contribution in [0.4, 0.5) is 0 Å². The maximum Gasteiger partial charge on any atom is 0.167 e. The monoisotopic (exact) mass is 162 g/mol. The van der Waals surface area contributed by atoms with Crippen molar-refractivity contribution < 1.29 is 10.2 Å². The van der Waals surface area contributed by atoms with Crippen molar-refractivity contribution in [3.05, 3.63) is 0 Å². The Bertz CT molecular complexity index is 147. The van der Waals surface area contributed by atoms with Crippen molar-refractivity contribution in [2.45, 2.75) is 5.54 Å². The SMILES string of the molecule is OCC1(CO)CNC(=S)N1. The van der Waals surface area contributed by atoms with Gasteiger partial charge in [-0.1, -0.05) is 0 Å². The van der Waals surface area contributed by atoms with E-state index in [0.29, 0.717) is 11.7 Å². The average molecular weight is 162 g/mol. The number of thiocarbonyl (C=S) groups is 1. The van der Waals surface area contributed by atoms with E-state index in [1.807, 2.05) is 0 Å². The van der Waals surface area contributed by atoms with Crippen LogP contribution in [0.3, 0.4) is 0 Å². The Kier molecular flexibility index (Phi) is 2.08. The molecule has 0 bridgehead atoms. The summed E-state index contributed by atoms with van der Waals surface area (Å²) in [5, 5.41) is 23.7. The van der Waals surface area contributed by atoms with Gasteiger partial charge in [0.2, 0.25) is 0 Å². The Morgan fingerprint density at radius 2 is 2.10 bits per heavy atom. The molecule has 58 valence electrons. The smallest absolute Gasteiger partial charge is 0.167 e. The molecule has 4 nitrogen and oxygen atoms in total. The summed E-state index contributed by atoms with van der Waals surface area (Å²) < 4.78 is 0. The molecule has 10 heavy (non-hydrogen) atoms. The number of rotatable bonds is 2. The van der Waals surface area contributed by atoms with Crippen LogP contribution in [0.15, 0.2) is 0 Å². The van der Waals surface area contributed by atoms with E-state index in [0.717, 1.165) is 0 Å². The Labute approximate surface area is 64.2 Å². The van der Waals surface area contributed by atoms with Gasteiger partial charge in [0.25, 0.3) is 0 Å². The quantitative estimate of drug-likeness (QED) is 0.360. The summed E-state index contributed by atoms with van der Waals surface area (Å²) in [4.78, 5) is 0. The molecule has 0 aromatic carbocycles. The normalized spacial score (nSPS) is 22.0. The Balaban J connectivity index is 2.59. The van der Waals surface area contributed by atoms with Crippen LogP contribution in [0.1, 0.15) is 0 Å². The third-order valence-corrected chi connectivity index (χ3v) is 1.82. The lowest BCUT2D eigenvalue weighted by atomic mass is 10.1. The number of hydrogen-bond acceptors (Lipinski definition) is 3. The van der Waals surface area contributed by atoms with Gasteiger partial charge in [0, 0.05) is 6.54 Å². The van der Waals surface area contributed by atoms with Gasteiger partial charge in [-0.15, -0.1) is 0 Å². The maximum absolute atomic E-state index is 8.81. The summed E-state index contributed by atoms with van der Waals surface area (Å²) in [6.07, 6.45) is 0. The van der Waals surface area contributed by atoms with Crippen molar-refractivity contribution >= 4 is 17.3 Å². The summed E-state index contributed by atoms with van der Waals surface area (Å²) >= 11 is 4.76. The van der Waals surface area contributed by atoms with Gasteiger partial charge in [-0.3, -0.25) is 0 Å². The fraction of sp³-hybridized carbons (Fsp3) is 0.800.